The Bertz CT molecular complexity index is 741. The number of nitrogens with zero attached hydrogens (tertiary/aromatic N) is 3. The molecular formula is C22H30N4O2. The molecular weight excluding hydrogens is 352 g/mol. The standard InChI is InChI=1S/C22H30N4O2/c27-12-9-23-22-24-20(19-8-13-28-16-19)15-21(25-22)26-10-6-18(7-11-26)14-17-4-2-1-3-5-17/h1-5,15,18-19,27H,6-14,16H2,(H,23,24,25)/t19-/m0/s1. The Kier molecular flexibility index (Phi) is 6.39. The van der Waals surface area contributed by atoms with Gasteiger partial charge in [-0.3, -0.25) is 0 Å². The molecule has 0 bridgehead atoms. The summed E-state index contributed by atoms with van der Waals surface area (Å²) in [4.78, 5) is 11.8. The smallest absolute Gasteiger partial charge is 0.224 e. The topological polar surface area (TPSA) is 70.5 Å². The number of rotatable bonds is 7. The molecule has 0 spiro atoms. The zero-order valence-corrected chi connectivity index (χ0v) is 16.4. The van der Waals surface area contributed by atoms with E-state index in [1.807, 2.05) is 0 Å². The summed E-state index contributed by atoms with van der Waals surface area (Å²) >= 11 is 0. The zero-order chi connectivity index (χ0) is 19.2. The van der Waals surface area contributed by atoms with Gasteiger partial charge in [0.1, 0.15) is 5.82 Å². The lowest BCUT2D eigenvalue weighted by atomic mass is 9.90. The predicted octanol–water partition coefficient (Wildman–Crippen LogP) is 2.84. The Hall–Kier alpha value is -2.18. The monoisotopic (exact) mass is 382 g/mol. The minimum absolute atomic E-state index is 0.0698. The Morgan fingerprint density at radius 3 is 2.64 bits per heavy atom. The van der Waals surface area contributed by atoms with Gasteiger partial charge in [-0.05, 0) is 37.2 Å². The van der Waals surface area contributed by atoms with Crippen LogP contribution in [0.25, 0.3) is 0 Å². The van der Waals surface area contributed by atoms with Crippen LogP contribution in [-0.4, -0.2) is 54.5 Å². The Balaban J connectivity index is 1.43. The van der Waals surface area contributed by atoms with Crippen LogP contribution < -0.4 is 10.2 Å². The van der Waals surface area contributed by atoms with Crippen LogP contribution in [0.15, 0.2) is 36.4 Å². The van der Waals surface area contributed by atoms with Gasteiger partial charge in [-0.25, -0.2) is 4.98 Å². The van der Waals surface area contributed by atoms with E-state index in [1.165, 1.54) is 18.4 Å². The van der Waals surface area contributed by atoms with Crippen LogP contribution in [0.4, 0.5) is 11.8 Å². The number of ether oxygens (including phenoxy) is 1. The first-order valence-corrected chi connectivity index (χ1v) is 10.4. The first-order chi connectivity index (χ1) is 13.8. The highest BCUT2D eigenvalue weighted by molar-refractivity contribution is 5.46. The highest BCUT2D eigenvalue weighted by Gasteiger charge is 2.24. The van der Waals surface area contributed by atoms with Crippen LogP contribution in [0.5, 0.6) is 0 Å². The Morgan fingerprint density at radius 2 is 1.93 bits per heavy atom. The van der Waals surface area contributed by atoms with Gasteiger partial charge in [0.2, 0.25) is 5.95 Å². The van der Waals surface area contributed by atoms with Crippen LogP contribution in [0, 0.1) is 5.92 Å². The van der Waals surface area contributed by atoms with E-state index in [9.17, 15) is 0 Å². The van der Waals surface area contributed by atoms with Crippen LogP contribution in [0.2, 0.25) is 0 Å². The molecule has 150 valence electrons. The number of piperidine rings is 1. The van der Waals surface area contributed by atoms with Crippen LogP contribution in [-0.2, 0) is 11.2 Å². The van der Waals surface area contributed by atoms with Crippen molar-refractivity contribution in [1.29, 1.82) is 0 Å². The van der Waals surface area contributed by atoms with E-state index in [0.29, 0.717) is 18.4 Å². The lowest BCUT2D eigenvalue weighted by Crippen LogP contribution is -2.35. The molecule has 3 heterocycles. The fourth-order valence-corrected chi connectivity index (χ4v) is 4.15. The second-order valence-corrected chi connectivity index (χ2v) is 7.81. The maximum Gasteiger partial charge on any atom is 0.224 e. The number of hydrogen-bond donors (Lipinski definition) is 2. The van der Waals surface area contributed by atoms with Gasteiger partial charge in [0.15, 0.2) is 0 Å². The molecule has 1 aromatic heterocycles. The van der Waals surface area contributed by atoms with E-state index >= 15 is 0 Å². The lowest BCUT2D eigenvalue weighted by Gasteiger charge is -2.33. The van der Waals surface area contributed by atoms with Crippen molar-refractivity contribution in [2.45, 2.75) is 31.6 Å². The van der Waals surface area contributed by atoms with Gasteiger partial charge < -0.3 is 20.1 Å². The van der Waals surface area contributed by atoms with E-state index < -0.39 is 0 Å². The summed E-state index contributed by atoms with van der Waals surface area (Å²) in [6.45, 7) is 4.11. The third-order valence-electron chi connectivity index (χ3n) is 5.78. The number of aliphatic hydroxyl groups excluding tert-OH is 1. The summed E-state index contributed by atoms with van der Waals surface area (Å²) in [5.41, 5.74) is 2.48. The van der Waals surface area contributed by atoms with Crippen molar-refractivity contribution in [3.63, 3.8) is 0 Å². The molecule has 2 N–H and O–H groups in total. The van der Waals surface area contributed by atoms with Crippen LogP contribution in [0.3, 0.4) is 0 Å². The third-order valence-corrected chi connectivity index (χ3v) is 5.78. The van der Waals surface area contributed by atoms with Crippen molar-refractivity contribution in [1.82, 2.24) is 9.97 Å². The van der Waals surface area contributed by atoms with Gasteiger partial charge in [0.25, 0.3) is 0 Å². The normalized spacial score (nSPS) is 20.5. The van der Waals surface area contributed by atoms with E-state index in [1.54, 1.807) is 0 Å². The number of aliphatic hydroxyl groups is 1. The van der Waals surface area contributed by atoms with Crippen molar-refractivity contribution in [3.8, 4) is 0 Å². The summed E-state index contributed by atoms with van der Waals surface area (Å²) in [5, 5.41) is 12.3. The van der Waals surface area contributed by atoms with E-state index in [-0.39, 0.29) is 6.61 Å². The molecule has 6 heteroatoms. The average molecular weight is 383 g/mol. The highest BCUT2D eigenvalue weighted by Crippen LogP contribution is 2.30. The van der Waals surface area contributed by atoms with E-state index in [4.69, 9.17) is 14.8 Å². The van der Waals surface area contributed by atoms with Gasteiger partial charge in [-0.2, -0.15) is 4.98 Å². The fourth-order valence-electron chi connectivity index (χ4n) is 4.15. The molecule has 1 aromatic carbocycles. The molecule has 0 unspecified atom stereocenters. The number of anilines is 2. The number of benzene rings is 1. The fraction of sp³-hybridized carbons (Fsp3) is 0.545. The first-order valence-electron chi connectivity index (χ1n) is 10.4. The molecule has 0 aliphatic carbocycles. The van der Waals surface area contributed by atoms with Gasteiger partial charge in [0.05, 0.1) is 18.9 Å². The summed E-state index contributed by atoms with van der Waals surface area (Å²) in [5.74, 6) is 2.68. The SMILES string of the molecule is OCCNc1nc([C@H]2CCOC2)cc(N2CCC(Cc3ccccc3)CC2)n1. The van der Waals surface area contributed by atoms with Gasteiger partial charge >= 0.3 is 0 Å². The summed E-state index contributed by atoms with van der Waals surface area (Å²) in [6.07, 6.45) is 4.53. The first kappa shape index (κ1) is 19.2. The minimum atomic E-state index is 0.0698. The van der Waals surface area contributed by atoms with Crippen molar-refractivity contribution in [3.05, 3.63) is 47.7 Å². The van der Waals surface area contributed by atoms with E-state index in [0.717, 1.165) is 56.6 Å². The Morgan fingerprint density at radius 1 is 1.11 bits per heavy atom. The summed E-state index contributed by atoms with van der Waals surface area (Å²) < 4.78 is 5.55. The minimum Gasteiger partial charge on any atom is -0.395 e. The van der Waals surface area contributed by atoms with Gasteiger partial charge in [-0.1, -0.05) is 30.3 Å². The molecule has 2 saturated heterocycles. The van der Waals surface area contributed by atoms with E-state index in [2.05, 4.69) is 51.6 Å². The zero-order valence-electron chi connectivity index (χ0n) is 16.4. The van der Waals surface area contributed by atoms with Crippen molar-refractivity contribution < 1.29 is 9.84 Å². The summed E-state index contributed by atoms with van der Waals surface area (Å²) in [7, 11) is 0. The quantitative estimate of drug-likeness (QED) is 0.767. The molecule has 2 aromatic rings. The number of nitrogens with one attached hydrogen (secondary N) is 1. The molecule has 2 fully saturated rings. The molecule has 0 saturated carbocycles. The van der Waals surface area contributed by atoms with Gasteiger partial charge in [0, 0.05) is 38.2 Å². The Labute approximate surface area is 167 Å². The second kappa shape index (κ2) is 9.34. The molecule has 2 aliphatic rings. The lowest BCUT2D eigenvalue weighted by molar-refractivity contribution is 0.193. The maximum atomic E-state index is 9.13. The molecule has 0 radical (unpaired) electrons. The van der Waals surface area contributed by atoms with Crippen molar-refractivity contribution >= 4 is 11.8 Å². The maximum absolute atomic E-state index is 9.13. The second-order valence-electron chi connectivity index (χ2n) is 7.81. The van der Waals surface area contributed by atoms with Crippen LogP contribution >= 0.6 is 0 Å². The number of hydrogen-bond acceptors (Lipinski definition) is 6. The van der Waals surface area contributed by atoms with Crippen LogP contribution in [0.1, 0.15) is 36.4 Å². The highest BCUT2D eigenvalue weighted by atomic mass is 16.5. The molecule has 28 heavy (non-hydrogen) atoms. The molecule has 1 atom stereocenters. The molecule has 6 nitrogen and oxygen atoms in total. The van der Waals surface area contributed by atoms with Crippen molar-refractivity contribution in [2.75, 3.05) is 49.7 Å². The molecule has 0 amide bonds. The van der Waals surface area contributed by atoms with Crippen molar-refractivity contribution in [2.24, 2.45) is 5.92 Å². The third kappa shape index (κ3) is 4.80. The summed E-state index contributed by atoms with van der Waals surface area (Å²) in [6, 6.07) is 12.9. The molecule has 4 rings (SSSR count). The number of aromatic nitrogens is 2. The van der Waals surface area contributed by atoms with Gasteiger partial charge in [-0.15, -0.1) is 0 Å². The largest absolute Gasteiger partial charge is 0.395 e. The average Bonchev–Trinajstić information content (AvgIpc) is 3.28. The molecule has 2 aliphatic heterocycles. The predicted molar refractivity (Wildman–Crippen MR) is 111 cm³/mol.